The monoisotopic (exact) mass is 463 g/mol. The van der Waals surface area contributed by atoms with Gasteiger partial charge in [-0.25, -0.2) is 4.39 Å². The van der Waals surface area contributed by atoms with Crippen molar-refractivity contribution in [2.75, 3.05) is 19.8 Å². The fourth-order valence-electron chi connectivity index (χ4n) is 4.22. The van der Waals surface area contributed by atoms with Crippen LogP contribution in [0.1, 0.15) is 48.3 Å². The Morgan fingerprint density at radius 3 is 2.38 bits per heavy atom. The molecule has 0 saturated carbocycles. The molecule has 3 aromatic carbocycles. The largest absolute Gasteiger partial charge is 0.494 e. The van der Waals surface area contributed by atoms with E-state index in [0.29, 0.717) is 30.9 Å². The second-order valence-corrected chi connectivity index (χ2v) is 8.52. The van der Waals surface area contributed by atoms with Crippen LogP contribution in [0, 0.1) is 5.82 Å². The Bertz CT molecular complexity index is 1130. The highest BCUT2D eigenvalue weighted by Gasteiger charge is 2.32. The van der Waals surface area contributed by atoms with Gasteiger partial charge in [-0.3, -0.25) is 4.79 Å². The van der Waals surface area contributed by atoms with Crippen LogP contribution in [0.2, 0.25) is 0 Å². The third kappa shape index (κ3) is 5.50. The number of nitrogens with zero attached hydrogens (tertiary/aromatic N) is 1. The van der Waals surface area contributed by atoms with Crippen LogP contribution in [0.15, 0.2) is 66.7 Å². The fraction of sp³-hybridized carbons (Fsp3) is 0.321. The van der Waals surface area contributed by atoms with Gasteiger partial charge in [0, 0.05) is 12.1 Å². The van der Waals surface area contributed by atoms with Gasteiger partial charge in [-0.1, -0.05) is 12.1 Å². The van der Waals surface area contributed by atoms with Crippen molar-refractivity contribution in [3.05, 3.63) is 89.2 Å². The third-order valence-corrected chi connectivity index (χ3v) is 5.72. The molecule has 3 aromatic rings. The number of carbonyl (C=O) groups excluding carboxylic acids is 1. The van der Waals surface area contributed by atoms with Crippen molar-refractivity contribution in [1.29, 1.82) is 0 Å². The lowest BCUT2D eigenvalue weighted by Gasteiger charge is -2.37. The first-order valence-electron chi connectivity index (χ1n) is 11.7. The summed E-state index contributed by atoms with van der Waals surface area (Å²) in [5.41, 5.74) is 2.47. The lowest BCUT2D eigenvalue weighted by molar-refractivity contribution is 0.0589. The second-order valence-electron chi connectivity index (χ2n) is 8.52. The molecule has 5 nitrogen and oxygen atoms in total. The van der Waals surface area contributed by atoms with Gasteiger partial charge in [0.25, 0.3) is 5.91 Å². The quantitative estimate of drug-likeness (QED) is 0.422. The number of ether oxygens (including phenoxy) is 3. The number of fused-ring (bicyclic) bond motifs is 1. The summed E-state index contributed by atoms with van der Waals surface area (Å²) < 4.78 is 31.3. The summed E-state index contributed by atoms with van der Waals surface area (Å²) in [6, 6.07) is 18.9. The lowest BCUT2D eigenvalue weighted by atomic mass is 9.92. The van der Waals surface area contributed by atoms with Gasteiger partial charge in [-0.15, -0.1) is 0 Å². The number of hydrogen-bond acceptors (Lipinski definition) is 4. The Hall–Kier alpha value is -3.54. The molecule has 1 heterocycles. The number of hydrogen-bond donors (Lipinski definition) is 0. The highest BCUT2D eigenvalue weighted by atomic mass is 19.1. The van der Waals surface area contributed by atoms with Crippen molar-refractivity contribution >= 4 is 5.91 Å². The minimum absolute atomic E-state index is 0.0754. The average molecular weight is 464 g/mol. The number of carbonyl (C=O) groups is 1. The molecule has 1 atom stereocenters. The van der Waals surface area contributed by atoms with Gasteiger partial charge < -0.3 is 19.1 Å². The van der Waals surface area contributed by atoms with Crippen LogP contribution in [-0.4, -0.2) is 36.7 Å². The topological polar surface area (TPSA) is 48.0 Å². The minimum atomic E-state index is -0.430. The summed E-state index contributed by atoms with van der Waals surface area (Å²) in [4.78, 5) is 15.1. The summed E-state index contributed by atoms with van der Waals surface area (Å²) in [5.74, 6) is 1.63. The van der Waals surface area contributed by atoms with Gasteiger partial charge in [0.1, 0.15) is 29.7 Å². The first-order chi connectivity index (χ1) is 16.4. The number of benzene rings is 3. The van der Waals surface area contributed by atoms with E-state index in [-0.39, 0.29) is 24.7 Å². The second kappa shape index (κ2) is 10.6. The fourth-order valence-corrected chi connectivity index (χ4v) is 4.22. The predicted molar refractivity (Wildman–Crippen MR) is 129 cm³/mol. The Morgan fingerprint density at radius 2 is 1.71 bits per heavy atom. The molecule has 0 unspecified atom stereocenters. The zero-order valence-corrected chi connectivity index (χ0v) is 19.8. The average Bonchev–Trinajstić information content (AvgIpc) is 2.82. The van der Waals surface area contributed by atoms with Crippen molar-refractivity contribution in [2.45, 2.75) is 39.3 Å². The standard InChI is InChI=1S/C28H30FNO4/c1-4-32-23-8-10-24(11-9-23)33-18-27-26-13-12-25(34-19(2)3)17-20(26)14-15-30(27)28(31)21-6-5-7-22(29)16-21/h5-13,16-17,19,27H,4,14-15,18H2,1-3H3/t27-/m1/s1. The summed E-state index contributed by atoms with van der Waals surface area (Å²) >= 11 is 0. The van der Waals surface area contributed by atoms with Gasteiger partial charge in [-0.2, -0.15) is 0 Å². The summed E-state index contributed by atoms with van der Waals surface area (Å²) in [6.07, 6.45) is 0.761. The van der Waals surface area contributed by atoms with E-state index >= 15 is 0 Å². The van der Waals surface area contributed by atoms with Crippen LogP contribution < -0.4 is 14.2 Å². The van der Waals surface area contributed by atoms with Crippen LogP contribution in [-0.2, 0) is 6.42 Å². The lowest BCUT2D eigenvalue weighted by Crippen LogP contribution is -2.42. The van der Waals surface area contributed by atoms with E-state index in [1.807, 2.05) is 63.2 Å². The van der Waals surface area contributed by atoms with Gasteiger partial charge in [-0.05, 0) is 92.9 Å². The van der Waals surface area contributed by atoms with E-state index in [4.69, 9.17) is 14.2 Å². The molecule has 0 fully saturated rings. The number of halogens is 1. The third-order valence-electron chi connectivity index (χ3n) is 5.72. The molecule has 0 saturated heterocycles. The maximum absolute atomic E-state index is 13.8. The van der Waals surface area contributed by atoms with Crippen LogP contribution in [0.3, 0.4) is 0 Å². The molecule has 0 radical (unpaired) electrons. The molecule has 1 amide bonds. The Labute approximate surface area is 200 Å². The smallest absolute Gasteiger partial charge is 0.254 e. The molecule has 1 aliphatic rings. The van der Waals surface area contributed by atoms with Crippen LogP contribution in [0.4, 0.5) is 4.39 Å². The zero-order chi connectivity index (χ0) is 24.1. The molecular weight excluding hydrogens is 433 g/mol. The predicted octanol–water partition coefficient (Wildman–Crippen LogP) is 5.83. The van der Waals surface area contributed by atoms with E-state index in [1.54, 1.807) is 17.0 Å². The summed E-state index contributed by atoms with van der Waals surface area (Å²) in [6.45, 7) is 7.29. The maximum atomic E-state index is 13.8. The molecule has 0 bridgehead atoms. The van der Waals surface area contributed by atoms with E-state index in [1.165, 1.54) is 12.1 Å². The number of amides is 1. The minimum Gasteiger partial charge on any atom is -0.494 e. The highest BCUT2D eigenvalue weighted by molar-refractivity contribution is 5.94. The molecule has 0 N–H and O–H groups in total. The highest BCUT2D eigenvalue weighted by Crippen LogP contribution is 2.34. The summed E-state index contributed by atoms with van der Waals surface area (Å²) in [7, 11) is 0. The molecular formula is C28H30FNO4. The molecule has 0 aromatic heterocycles. The molecule has 178 valence electrons. The van der Waals surface area contributed by atoms with Crippen molar-refractivity contribution in [2.24, 2.45) is 0 Å². The Kier molecular flexibility index (Phi) is 7.36. The first kappa shape index (κ1) is 23.6. The van der Waals surface area contributed by atoms with Gasteiger partial charge in [0.05, 0.1) is 18.8 Å². The van der Waals surface area contributed by atoms with Crippen LogP contribution >= 0.6 is 0 Å². The van der Waals surface area contributed by atoms with Crippen molar-refractivity contribution in [3.8, 4) is 17.2 Å². The molecule has 0 aliphatic carbocycles. The Morgan fingerprint density at radius 1 is 1.00 bits per heavy atom. The summed E-state index contributed by atoms with van der Waals surface area (Å²) in [5, 5.41) is 0. The SMILES string of the molecule is CCOc1ccc(OC[C@@H]2c3ccc(OC(C)C)cc3CCN2C(=O)c2cccc(F)c2)cc1. The van der Waals surface area contributed by atoms with Crippen molar-refractivity contribution in [1.82, 2.24) is 4.90 Å². The van der Waals surface area contributed by atoms with Gasteiger partial charge in [0.2, 0.25) is 0 Å². The van der Waals surface area contributed by atoms with E-state index in [0.717, 1.165) is 22.6 Å². The zero-order valence-electron chi connectivity index (χ0n) is 19.8. The van der Waals surface area contributed by atoms with Crippen LogP contribution in [0.5, 0.6) is 17.2 Å². The van der Waals surface area contributed by atoms with Gasteiger partial charge in [0.15, 0.2) is 0 Å². The van der Waals surface area contributed by atoms with Gasteiger partial charge >= 0.3 is 0 Å². The molecule has 34 heavy (non-hydrogen) atoms. The van der Waals surface area contributed by atoms with E-state index in [9.17, 15) is 9.18 Å². The van der Waals surface area contributed by atoms with Crippen molar-refractivity contribution < 1.29 is 23.4 Å². The molecule has 0 spiro atoms. The number of rotatable bonds is 8. The van der Waals surface area contributed by atoms with E-state index < -0.39 is 5.82 Å². The maximum Gasteiger partial charge on any atom is 0.254 e. The molecule has 6 heteroatoms. The normalized spacial score (nSPS) is 15.1. The molecule has 4 rings (SSSR count). The Balaban J connectivity index is 1.61. The first-order valence-corrected chi connectivity index (χ1v) is 11.7. The molecule has 1 aliphatic heterocycles. The van der Waals surface area contributed by atoms with Crippen LogP contribution in [0.25, 0.3) is 0 Å². The van der Waals surface area contributed by atoms with E-state index in [2.05, 4.69) is 0 Å². The van der Waals surface area contributed by atoms with Crippen molar-refractivity contribution in [3.63, 3.8) is 0 Å².